The molecule has 0 aromatic heterocycles. The molecule has 0 saturated heterocycles. The van der Waals surface area contributed by atoms with Crippen molar-refractivity contribution in [3.05, 3.63) is 29.8 Å². The van der Waals surface area contributed by atoms with Gasteiger partial charge in [0.1, 0.15) is 0 Å². The fourth-order valence-corrected chi connectivity index (χ4v) is 4.00. The van der Waals surface area contributed by atoms with Gasteiger partial charge in [-0.05, 0) is 43.3 Å². The number of carboxylic acids is 5. The van der Waals surface area contributed by atoms with Gasteiger partial charge in [0.05, 0.1) is 43.6 Å². The number of hydrogen-bond donors (Lipinski definition) is 5. The number of aliphatic carboxylic acids is 5. The Labute approximate surface area is 223 Å². The van der Waals surface area contributed by atoms with Crippen molar-refractivity contribution >= 4 is 52.9 Å². The molecule has 0 radical (unpaired) electrons. The molecular weight excluding hydrogens is 524 g/mol. The zero-order valence-corrected chi connectivity index (χ0v) is 21.4. The van der Waals surface area contributed by atoms with Crippen LogP contribution >= 0.6 is 12.2 Å². The monoisotopic (exact) mass is 554 g/mol. The number of benzene rings is 1. The van der Waals surface area contributed by atoms with Crippen LogP contribution in [0, 0.1) is 0 Å². The smallest absolute Gasteiger partial charge is 0.317 e. The highest BCUT2D eigenvalue weighted by molar-refractivity contribution is 7.78. The maximum absolute atomic E-state index is 11.8. The van der Waals surface area contributed by atoms with E-state index in [9.17, 15) is 49.5 Å². The van der Waals surface area contributed by atoms with E-state index in [0.29, 0.717) is 11.3 Å². The van der Waals surface area contributed by atoms with Crippen molar-refractivity contribution in [1.82, 2.24) is 14.7 Å². The van der Waals surface area contributed by atoms with Crippen molar-refractivity contribution in [3.8, 4) is 0 Å². The molecule has 0 aliphatic rings. The molecule has 1 aromatic carbocycles. The molecule has 0 bridgehead atoms. The highest BCUT2D eigenvalue weighted by Gasteiger charge is 2.29. The number of carbonyl (C=O) groups is 5. The molecule has 0 fully saturated rings. The molecule has 208 valence electrons. The van der Waals surface area contributed by atoms with Gasteiger partial charge in [0.15, 0.2) is 0 Å². The van der Waals surface area contributed by atoms with Crippen LogP contribution < -0.4 is 0 Å². The Morgan fingerprint density at radius 1 is 0.763 bits per heavy atom. The number of isothiocyanates is 1. The second kappa shape index (κ2) is 16.2. The average molecular weight is 555 g/mol. The van der Waals surface area contributed by atoms with Gasteiger partial charge in [-0.1, -0.05) is 12.1 Å². The summed E-state index contributed by atoms with van der Waals surface area (Å²) in [6.45, 7) is -1.71. The maximum Gasteiger partial charge on any atom is 0.317 e. The van der Waals surface area contributed by atoms with Crippen molar-refractivity contribution in [2.75, 3.05) is 45.8 Å². The molecule has 0 saturated carbocycles. The largest absolute Gasteiger partial charge is 0.480 e. The van der Waals surface area contributed by atoms with Crippen LogP contribution in [-0.2, 0) is 30.4 Å². The highest BCUT2D eigenvalue weighted by atomic mass is 32.1. The van der Waals surface area contributed by atoms with Crippen molar-refractivity contribution in [2.24, 2.45) is 4.99 Å². The first-order valence-electron chi connectivity index (χ1n) is 11.3. The standard InChI is InChI=1S/C23H30N4O10S/c1-15(26(11-21(32)33)12-22(34)35)7-27(13-23(36)37)18(8-25(9-19(28)29)10-20(30)31)6-16-2-4-17(5-3-16)24-14-38/h2-5,15,18H,6-13H2,1H3,(H,28,29)(H,30,31)(H,32,33)(H,34,35)(H,36,37). The summed E-state index contributed by atoms with van der Waals surface area (Å²) in [6, 6.07) is 5.19. The summed E-state index contributed by atoms with van der Waals surface area (Å²) in [5.41, 5.74) is 1.22. The van der Waals surface area contributed by atoms with Crippen LogP contribution in [0.3, 0.4) is 0 Å². The van der Waals surface area contributed by atoms with Gasteiger partial charge >= 0.3 is 29.8 Å². The molecule has 2 unspecified atom stereocenters. The van der Waals surface area contributed by atoms with Crippen LogP contribution in [0.4, 0.5) is 5.69 Å². The molecule has 14 nitrogen and oxygen atoms in total. The van der Waals surface area contributed by atoms with E-state index >= 15 is 0 Å². The Hall–Kier alpha value is -3.75. The van der Waals surface area contributed by atoms with Crippen LogP contribution in [-0.4, -0.2) is 133 Å². The second-order valence-electron chi connectivity index (χ2n) is 8.55. The summed E-state index contributed by atoms with van der Waals surface area (Å²) in [4.78, 5) is 64.7. The lowest BCUT2D eigenvalue weighted by Crippen LogP contribution is -2.54. The van der Waals surface area contributed by atoms with Crippen LogP contribution in [0.1, 0.15) is 12.5 Å². The number of nitrogens with zero attached hydrogens (tertiary/aromatic N) is 4. The molecule has 38 heavy (non-hydrogen) atoms. The number of aliphatic imine (C=N–C) groups is 1. The Bertz CT molecular complexity index is 1010. The molecule has 1 aromatic rings. The normalized spacial score (nSPS) is 12.6. The van der Waals surface area contributed by atoms with Gasteiger partial charge in [0, 0.05) is 25.2 Å². The molecule has 0 spiro atoms. The first kappa shape index (κ1) is 32.3. The van der Waals surface area contributed by atoms with Crippen molar-refractivity contribution in [3.63, 3.8) is 0 Å². The molecule has 1 rings (SSSR count). The van der Waals surface area contributed by atoms with Crippen molar-refractivity contribution in [1.29, 1.82) is 0 Å². The van der Waals surface area contributed by atoms with Gasteiger partial charge in [-0.25, -0.2) is 0 Å². The number of carboxylic acid groups (broad SMARTS) is 5. The van der Waals surface area contributed by atoms with E-state index in [1.807, 2.05) is 0 Å². The Morgan fingerprint density at radius 3 is 1.63 bits per heavy atom. The zero-order chi connectivity index (χ0) is 28.8. The third kappa shape index (κ3) is 13.0. The summed E-state index contributed by atoms with van der Waals surface area (Å²) in [5, 5.41) is 48.7. The molecule has 0 amide bonds. The summed E-state index contributed by atoms with van der Waals surface area (Å²) < 4.78 is 0. The van der Waals surface area contributed by atoms with Gasteiger partial charge in [-0.2, -0.15) is 4.99 Å². The minimum atomic E-state index is -1.28. The van der Waals surface area contributed by atoms with Crippen LogP contribution in [0.15, 0.2) is 29.3 Å². The van der Waals surface area contributed by atoms with Gasteiger partial charge in [0.25, 0.3) is 0 Å². The van der Waals surface area contributed by atoms with E-state index in [1.165, 1.54) is 4.90 Å². The number of rotatable bonds is 19. The summed E-state index contributed by atoms with van der Waals surface area (Å²) in [7, 11) is 0. The minimum Gasteiger partial charge on any atom is -0.480 e. The van der Waals surface area contributed by atoms with E-state index in [0.717, 1.165) is 9.80 Å². The Kier molecular flexibility index (Phi) is 13.7. The quantitative estimate of drug-likeness (QED) is 0.113. The molecule has 5 N–H and O–H groups in total. The summed E-state index contributed by atoms with van der Waals surface area (Å²) in [5.74, 6) is -6.33. The van der Waals surface area contributed by atoms with E-state index in [4.69, 9.17) is 0 Å². The third-order valence-electron chi connectivity index (χ3n) is 5.42. The van der Waals surface area contributed by atoms with Crippen LogP contribution in [0.2, 0.25) is 0 Å². The Balaban J connectivity index is 3.40. The van der Waals surface area contributed by atoms with E-state index < -0.39 is 74.7 Å². The second-order valence-corrected chi connectivity index (χ2v) is 8.73. The Morgan fingerprint density at radius 2 is 1.21 bits per heavy atom. The van der Waals surface area contributed by atoms with Gasteiger partial charge in [0.2, 0.25) is 0 Å². The van der Waals surface area contributed by atoms with Gasteiger partial charge < -0.3 is 25.5 Å². The van der Waals surface area contributed by atoms with Gasteiger partial charge in [-0.3, -0.25) is 38.7 Å². The van der Waals surface area contributed by atoms with E-state index in [2.05, 4.69) is 22.4 Å². The maximum atomic E-state index is 11.8. The fourth-order valence-electron chi connectivity index (χ4n) is 3.89. The summed E-state index contributed by atoms with van der Waals surface area (Å²) in [6.07, 6.45) is 0.162. The molecule has 15 heteroatoms. The lowest BCUT2D eigenvalue weighted by Gasteiger charge is -2.37. The molecule has 2 atom stereocenters. The first-order chi connectivity index (χ1) is 17.8. The van der Waals surface area contributed by atoms with Crippen LogP contribution in [0.25, 0.3) is 0 Å². The predicted octanol–water partition coefficient (Wildman–Crippen LogP) is 0.0495. The SMILES string of the molecule is CC(CN(CC(=O)O)C(Cc1ccc(N=C=S)cc1)CN(CC(=O)O)CC(=O)O)N(CC(=O)O)CC(=O)O. The average Bonchev–Trinajstić information content (AvgIpc) is 2.77. The minimum absolute atomic E-state index is 0.0984. The number of thiocarbonyl (C=S) groups is 1. The lowest BCUT2D eigenvalue weighted by atomic mass is 10.0. The van der Waals surface area contributed by atoms with E-state index in [-0.39, 0.29) is 19.5 Å². The lowest BCUT2D eigenvalue weighted by molar-refractivity contribution is -0.144. The van der Waals surface area contributed by atoms with Crippen molar-refractivity contribution in [2.45, 2.75) is 25.4 Å². The molecule has 0 aliphatic heterocycles. The molecular formula is C23H30N4O10S. The van der Waals surface area contributed by atoms with E-state index in [1.54, 1.807) is 31.2 Å². The predicted molar refractivity (Wildman–Crippen MR) is 136 cm³/mol. The van der Waals surface area contributed by atoms with Crippen LogP contribution in [0.5, 0.6) is 0 Å². The highest BCUT2D eigenvalue weighted by Crippen LogP contribution is 2.17. The molecule has 0 heterocycles. The topological polar surface area (TPSA) is 209 Å². The van der Waals surface area contributed by atoms with Crippen molar-refractivity contribution < 1.29 is 49.5 Å². The number of hydrogen-bond acceptors (Lipinski definition) is 10. The molecule has 0 aliphatic carbocycles. The third-order valence-corrected chi connectivity index (χ3v) is 5.51. The van der Waals surface area contributed by atoms with Gasteiger partial charge in [-0.15, -0.1) is 0 Å². The fraction of sp³-hybridized carbons (Fsp3) is 0.478. The zero-order valence-electron chi connectivity index (χ0n) is 20.6. The first-order valence-corrected chi connectivity index (χ1v) is 11.7. The summed E-state index contributed by atoms with van der Waals surface area (Å²) >= 11 is 4.58.